The molecule has 1 saturated carbocycles. The van der Waals surface area contributed by atoms with Gasteiger partial charge in [-0.15, -0.1) is 0 Å². The number of alkyl halides is 2. The van der Waals surface area contributed by atoms with Gasteiger partial charge in [-0.1, -0.05) is 0 Å². The number of carbonyl (C=O) groups is 2. The molecule has 1 amide bonds. The van der Waals surface area contributed by atoms with E-state index in [0.717, 1.165) is 12.8 Å². The number of benzene rings is 1. The van der Waals surface area contributed by atoms with Gasteiger partial charge in [0.1, 0.15) is 5.60 Å². The van der Waals surface area contributed by atoms with Crippen molar-refractivity contribution in [2.24, 2.45) is 5.92 Å². The highest BCUT2D eigenvalue weighted by Crippen LogP contribution is 2.36. The SMILES string of the molecule is COC(=O)C1CN(c2ccc(OC(F)F)c(OCC3CC3)c2)CCN1C(=O)OC(C)(C)C. The average molecular weight is 456 g/mol. The number of halogens is 2. The first-order valence-corrected chi connectivity index (χ1v) is 10.6. The fourth-order valence-electron chi connectivity index (χ4n) is 3.39. The van der Waals surface area contributed by atoms with E-state index in [1.807, 2.05) is 4.90 Å². The van der Waals surface area contributed by atoms with Gasteiger partial charge in [0.05, 0.1) is 13.7 Å². The molecule has 0 radical (unpaired) electrons. The lowest BCUT2D eigenvalue weighted by Gasteiger charge is -2.41. The Labute approximate surface area is 186 Å². The van der Waals surface area contributed by atoms with Crippen LogP contribution in [0.3, 0.4) is 0 Å². The van der Waals surface area contributed by atoms with E-state index in [1.165, 1.54) is 18.1 Å². The number of amides is 1. The number of nitrogens with zero attached hydrogens (tertiary/aromatic N) is 2. The van der Waals surface area contributed by atoms with Crippen molar-refractivity contribution in [1.29, 1.82) is 0 Å². The number of carbonyl (C=O) groups excluding carboxylic acids is 2. The summed E-state index contributed by atoms with van der Waals surface area (Å²) in [6.45, 7) is 3.50. The molecule has 1 aromatic rings. The number of rotatable bonds is 7. The third-order valence-corrected chi connectivity index (χ3v) is 5.16. The van der Waals surface area contributed by atoms with Crippen LogP contribution in [0.15, 0.2) is 18.2 Å². The summed E-state index contributed by atoms with van der Waals surface area (Å²) in [6, 6.07) is 3.80. The van der Waals surface area contributed by atoms with Gasteiger partial charge < -0.3 is 23.8 Å². The van der Waals surface area contributed by atoms with Crippen molar-refractivity contribution in [3.63, 3.8) is 0 Å². The Morgan fingerprint density at radius 2 is 1.88 bits per heavy atom. The summed E-state index contributed by atoms with van der Waals surface area (Å²) in [5.74, 6) is 0.0442. The molecule has 1 unspecified atom stereocenters. The van der Waals surface area contributed by atoms with Gasteiger partial charge in [0.15, 0.2) is 17.5 Å². The Kier molecular flexibility index (Phi) is 7.30. The summed E-state index contributed by atoms with van der Waals surface area (Å²) in [4.78, 5) is 28.3. The van der Waals surface area contributed by atoms with Gasteiger partial charge in [0, 0.05) is 31.4 Å². The van der Waals surface area contributed by atoms with Crippen LogP contribution < -0.4 is 14.4 Å². The smallest absolute Gasteiger partial charge is 0.411 e. The monoisotopic (exact) mass is 456 g/mol. The largest absolute Gasteiger partial charge is 0.489 e. The molecule has 0 N–H and O–H groups in total. The number of piperazine rings is 1. The second kappa shape index (κ2) is 9.79. The maximum absolute atomic E-state index is 12.8. The van der Waals surface area contributed by atoms with Crippen molar-refractivity contribution < 1.29 is 37.3 Å². The zero-order chi connectivity index (χ0) is 23.5. The second-order valence-corrected chi connectivity index (χ2v) is 8.92. The fourth-order valence-corrected chi connectivity index (χ4v) is 3.39. The summed E-state index contributed by atoms with van der Waals surface area (Å²) in [7, 11) is 1.26. The third kappa shape index (κ3) is 6.37. The highest BCUT2D eigenvalue weighted by Gasteiger charge is 2.38. The number of hydrogen-bond acceptors (Lipinski definition) is 7. The third-order valence-electron chi connectivity index (χ3n) is 5.16. The van der Waals surface area contributed by atoms with E-state index >= 15 is 0 Å². The molecule has 3 rings (SSSR count). The molecule has 32 heavy (non-hydrogen) atoms. The Bertz CT molecular complexity index is 825. The van der Waals surface area contributed by atoms with Gasteiger partial charge in [-0.05, 0) is 51.7 Å². The number of ether oxygens (including phenoxy) is 4. The van der Waals surface area contributed by atoms with Crippen LogP contribution in [0.25, 0.3) is 0 Å². The minimum absolute atomic E-state index is 0.0405. The minimum Gasteiger partial charge on any atom is -0.489 e. The predicted molar refractivity (Wildman–Crippen MR) is 112 cm³/mol. The molecule has 1 aliphatic heterocycles. The number of anilines is 1. The Balaban J connectivity index is 1.78. The zero-order valence-corrected chi connectivity index (χ0v) is 18.8. The first-order chi connectivity index (χ1) is 15.1. The molecule has 1 aliphatic carbocycles. The van der Waals surface area contributed by atoms with Crippen LogP contribution in [0.2, 0.25) is 0 Å². The lowest BCUT2D eigenvalue weighted by atomic mass is 10.1. The van der Waals surface area contributed by atoms with Crippen LogP contribution in [0.4, 0.5) is 19.3 Å². The van der Waals surface area contributed by atoms with Crippen LogP contribution in [0.1, 0.15) is 33.6 Å². The molecule has 0 aromatic heterocycles. The fraction of sp³-hybridized carbons (Fsp3) is 0.636. The van der Waals surface area contributed by atoms with Gasteiger partial charge in [0.25, 0.3) is 0 Å². The van der Waals surface area contributed by atoms with Crippen LogP contribution >= 0.6 is 0 Å². The van der Waals surface area contributed by atoms with Crippen molar-refractivity contribution in [3.8, 4) is 11.5 Å². The normalized spacial score (nSPS) is 19.0. The van der Waals surface area contributed by atoms with E-state index < -0.39 is 30.3 Å². The molecule has 2 aliphatic rings. The van der Waals surface area contributed by atoms with E-state index in [9.17, 15) is 18.4 Å². The Morgan fingerprint density at radius 1 is 1.16 bits per heavy atom. The van der Waals surface area contributed by atoms with Gasteiger partial charge in [-0.25, -0.2) is 9.59 Å². The molecule has 0 spiro atoms. The standard InChI is InChI=1S/C22H30F2N2O6/c1-22(2,3)32-21(28)26-10-9-25(12-16(26)19(27)29-4)15-7-8-17(31-20(23)24)18(11-15)30-13-14-5-6-14/h7-8,11,14,16,20H,5-6,9-10,12-13H2,1-4H3. The summed E-state index contributed by atoms with van der Waals surface area (Å²) in [5.41, 5.74) is -0.0430. The highest BCUT2D eigenvalue weighted by molar-refractivity contribution is 5.83. The molecule has 1 saturated heterocycles. The van der Waals surface area contributed by atoms with Crippen LogP contribution in [0, 0.1) is 5.92 Å². The van der Waals surface area contributed by atoms with Crippen molar-refractivity contribution in [2.45, 2.75) is 51.9 Å². The molecule has 2 fully saturated rings. The molecule has 1 heterocycles. The molecule has 10 heteroatoms. The molecule has 8 nitrogen and oxygen atoms in total. The number of esters is 1. The minimum atomic E-state index is -2.97. The summed E-state index contributed by atoms with van der Waals surface area (Å²) >= 11 is 0. The van der Waals surface area contributed by atoms with Gasteiger partial charge in [-0.2, -0.15) is 8.78 Å². The van der Waals surface area contributed by atoms with E-state index in [-0.39, 0.29) is 24.6 Å². The first kappa shape index (κ1) is 23.9. The highest BCUT2D eigenvalue weighted by atomic mass is 19.3. The number of methoxy groups -OCH3 is 1. The molecule has 0 bridgehead atoms. The summed E-state index contributed by atoms with van der Waals surface area (Å²) in [6.07, 6.45) is 1.51. The quantitative estimate of drug-likeness (QED) is 0.580. The van der Waals surface area contributed by atoms with Crippen LogP contribution in [0.5, 0.6) is 11.5 Å². The maximum atomic E-state index is 12.8. The Morgan fingerprint density at radius 3 is 2.47 bits per heavy atom. The lowest BCUT2D eigenvalue weighted by molar-refractivity contribution is -0.147. The van der Waals surface area contributed by atoms with Crippen molar-refractivity contribution in [2.75, 3.05) is 38.3 Å². The van der Waals surface area contributed by atoms with E-state index in [1.54, 1.807) is 32.9 Å². The first-order valence-electron chi connectivity index (χ1n) is 10.6. The van der Waals surface area contributed by atoms with E-state index in [2.05, 4.69) is 4.74 Å². The molecule has 178 valence electrons. The zero-order valence-electron chi connectivity index (χ0n) is 18.8. The van der Waals surface area contributed by atoms with Crippen molar-refractivity contribution in [3.05, 3.63) is 18.2 Å². The summed E-state index contributed by atoms with van der Waals surface area (Å²) < 4.78 is 46.2. The molecule has 1 atom stereocenters. The van der Waals surface area contributed by atoms with Gasteiger partial charge in [0.2, 0.25) is 0 Å². The molecule has 1 aromatic carbocycles. The predicted octanol–water partition coefficient (Wildman–Crippen LogP) is 3.68. The van der Waals surface area contributed by atoms with Crippen LogP contribution in [-0.4, -0.2) is 68.6 Å². The maximum Gasteiger partial charge on any atom is 0.411 e. The van der Waals surface area contributed by atoms with Crippen molar-refractivity contribution >= 4 is 17.7 Å². The summed E-state index contributed by atoms with van der Waals surface area (Å²) in [5, 5.41) is 0. The van der Waals surface area contributed by atoms with Crippen LogP contribution in [-0.2, 0) is 14.3 Å². The topological polar surface area (TPSA) is 77.5 Å². The Hall–Kier alpha value is -2.78. The van der Waals surface area contributed by atoms with Crippen molar-refractivity contribution in [1.82, 2.24) is 4.90 Å². The van der Waals surface area contributed by atoms with E-state index in [0.29, 0.717) is 24.8 Å². The van der Waals surface area contributed by atoms with Gasteiger partial charge >= 0.3 is 18.7 Å². The van der Waals surface area contributed by atoms with E-state index in [4.69, 9.17) is 14.2 Å². The second-order valence-electron chi connectivity index (χ2n) is 8.92. The number of hydrogen-bond donors (Lipinski definition) is 0. The average Bonchev–Trinajstić information content (AvgIpc) is 3.55. The lowest BCUT2D eigenvalue weighted by Crippen LogP contribution is -2.59. The molecular formula is C22H30F2N2O6. The van der Waals surface area contributed by atoms with Gasteiger partial charge in [-0.3, -0.25) is 4.90 Å². The molecular weight excluding hydrogens is 426 g/mol.